The molecule has 0 unspecified atom stereocenters. The molecule has 0 N–H and O–H groups in total. The molecule has 0 aromatic heterocycles. The van der Waals surface area contributed by atoms with Crippen LogP contribution in [0.5, 0.6) is 0 Å². The van der Waals surface area contributed by atoms with E-state index in [4.69, 9.17) is 0 Å². The number of hydrogen-bond acceptors (Lipinski definition) is 2. The molecular formula is C22H21NO2S. The fourth-order valence-electron chi connectivity index (χ4n) is 2.54. The molecule has 0 aliphatic rings. The third kappa shape index (κ3) is 4.03. The molecule has 3 nitrogen and oxygen atoms in total. The van der Waals surface area contributed by atoms with Gasteiger partial charge in [-0.3, -0.25) is 0 Å². The summed E-state index contributed by atoms with van der Waals surface area (Å²) >= 11 is 0. The third-order valence-electron chi connectivity index (χ3n) is 4.07. The Kier molecular flexibility index (Phi) is 5.24. The van der Waals surface area contributed by atoms with Crippen LogP contribution in [0.2, 0.25) is 0 Å². The zero-order valence-electron chi connectivity index (χ0n) is 14.8. The molecule has 26 heavy (non-hydrogen) atoms. The van der Waals surface area contributed by atoms with E-state index in [9.17, 15) is 8.42 Å². The van der Waals surface area contributed by atoms with Crippen LogP contribution < -0.4 is 4.31 Å². The molecular weight excluding hydrogens is 342 g/mol. The van der Waals surface area contributed by atoms with Crippen LogP contribution in [0.25, 0.3) is 6.08 Å². The first-order chi connectivity index (χ1) is 12.5. The second-order valence-corrected chi connectivity index (χ2v) is 7.99. The Morgan fingerprint density at radius 1 is 0.731 bits per heavy atom. The zero-order valence-corrected chi connectivity index (χ0v) is 15.6. The van der Waals surface area contributed by atoms with Crippen LogP contribution in [0, 0.1) is 13.8 Å². The Balaban J connectivity index is 2.06. The first kappa shape index (κ1) is 18.0. The van der Waals surface area contributed by atoms with Gasteiger partial charge in [0.2, 0.25) is 0 Å². The summed E-state index contributed by atoms with van der Waals surface area (Å²) in [5, 5.41) is 0. The zero-order chi connectivity index (χ0) is 18.6. The molecule has 0 amide bonds. The highest BCUT2D eigenvalue weighted by molar-refractivity contribution is 7.93. The van der Waals surface area contributed by atoms with Crippen LogP contribution in [-0.4, -0.2) is 8.42 Å². The van der Waals surface area contributed by atoms with Gasteiger partial charge in [0, 0.05) is 6.20 Å². The second kappa shape index (κ2) is 7.58. The lowest BCUT2D eigenvalue weighted by Gasteiger charge is -2.21. The minimum absolute atomic E-state index is 0.265. The lowest BCUT2D eigenvalue weighted by Crippen LogP contribution is -2.25. The number of hydrogen-bond donors (Lipinski definition) is 0. The molecule has 0 aliphatic heterocycles. The van der Waals surface area contributed by atoms with Gasteiger partial charge < -0.3 is 0 Å². The van der Waals surface area contributed by atoms with Crippen molar-refractivity contribution in [1.82, 2.24) is 0 Å². The molecule has 0 saturated carbocycles. The Hall–Kier alpha value is -2.85. The standard InChI is InChI=1S/C22H21NO2S/c1-18-8-12-21(13-9-18)23(17-16-20-6-4-3-5-7-20)26(24,25)22-14-10-19(2)11-15-22/h3-17H,1-2H3. The maximum absolute atomic E-state index is 13.2. The largest absolute Gasteiger partial charge is 0.268 e. The van der Waals surface area contributed by atoms with Crippen molar-refractivity contribution in [2.75, 3.05) is 4.31 Å². The van der Waals surface area contributed by atoms with Crippen LogP contribution in [0.4, 0.5) is 5.69 Å². The highest BCUT2D eigenvalue weighted by Gasteiger charge is 2.23. The Morgan fingerprint density at radius 3 is 1.85 bits per heavy atom. The number of anilines is 1. The summed E-state index contributed by atoms with van der Waals surface area (Å²) in [4.78, 5) is 0.265. The van der Waals surface area contributed by atoms with E-state index in [1.807, 2.05) is 68.4 Å². The summed E-state index contributed by atoms with van der Waals surface area (Å²) in [6, 6.07) is 24.0. The first-order valence-electron chi connectivity index (χ1n) is 8.38. The van der Waals surface area contributed by atoms with Gasteiger partial charge >= 0.3 is 0 Å². The number of aryl methyl sites for hydroxylation is 2. The van der Waals surface area contributed by atoms with E-state index in [0.717, 1.165) is 16.7 Å². The van der Waals surface area contributed by atoms with E-state index in [2.05, 4.69) is 0 Å². The number of nitrogens with zero attached hydrogens (tertiary/aromatic N) is 1. The first-order valence-corrected chi connectivity index (χ1v) is 9.82. The Morgan fingerprint density at radius 2 is 1.27 bits per heavy atom. The summed E-state index contributed by atoms with van der Waals surface area (Å²) < 4.78 is 27.8. The molecule has 4 heteroatoms. The minimum Gasteiger partial charge on any atom is -0.242 e. The molecule has 3 aromatic carbocycles. The Bertz CT molecular complexity index is 990. The van der Waals surface area contributed by atoms with E-state index in [-0.39, 0.29) is 4.90 Å². The quantitative estimate of drug-likeness (QED) is 0.627. The lowest BCUT2D eigenvalue weighted by atomic mass is 10.2. The lowest BCUT2D eigenvalue weighted by molar-refractivity contribution is 0.596. The molecule has 0 saturated heterocycles. The topological polar surface area (TPSA) is 37.4 Å². The Labute approximate surface area is 155 Å². The van der Waals surface area contributed by atoms with E-state index in [1.165, 1.54) is 4.31 Å². The van der Waals surface area contributed by atoms with E-state index < -0.39 is 10.0 Å². The normalized spacial score (nSPS) is 11.6. The number of benzene rings is 3. The minimum atomic E-state index is -3.71. The SMILES string of the molecule is Cc1ccc(N(C=Cc2ccccc2)S(=O)(=O)c2ccc(C)cc2)cc1. The number of rotatable bonds is 5. The average Bonchev–Trinajstić information content (AvgIpc) is 2.64. The fraction of sp³-hybridized carbons (Fsp3) is 0.0909. The van der Waals surface area contributed by atoms with Crippen molar-refractivity contribution in [3.05, 3.63) is 102 Å². The van der Waals surface area contributed by atoms with Crippen molar-refractivity contribution in [1.29, 1.82) is 0 Å². The van der Waals surface area contributed by atoms with Crippen molar-refractivity contribution >= 4 is 21.8 Å². The summed E-state index contributed by atoms with van der Waals surface area (Å²) in [7, 11) is -3.71. The average molecular weight is 363 g/mol. The van der Waals surface area contributed by atoms with E-state index in [1.54, 1.807) is 36.5 Å². The molecule has 0 fully saturated rings. The van der Waals surface area contributed by atoms with Gasteiger partial charge in [0.15, 0.2) is 0 Å². The molecule has 0 aliphatic carbocycles. The van der Waals surface area contributed by atoms with Crippen LogP contribution in [0.15, 0.2) is 90.0 Å². The van der Waals surface area contributed by atoms with Gasteiger partial charge in [0.25, 0.3) is 10.0 Å². The van der Waals surface area contributed by atoms with Crippen LogP contribution in [-0.2, 0) is 10.0 Å². The second-order valence-electron chi connectivity index (χ2n) is 6.18. The highest BCUT2D eigenvalue weighted by atomic mass is 32.2. The van der Waals surface area contributed by atoms with Crippen molar-refractivity contribution in [2.45, 2.75) is 18.7 Å². The number of sulfonamides is 1. The fourth-order valence-corrected chi connectivity index (χ4v) is 3.87. The molecule has 3 aromatic rings. The summed E-state index contributed by atoms with van der Waals surface area (Å²) in [6.45, 7) is 3.91. The molecule has 0 heterocycles. The molecule has 132 valence electrons. The summed E-state index contributed by atoms with van der Waals surface area (Å²) in [5.74, 6) is 0. The predicted octanol–water partition coefficient (Wildman–Crippen LogP) is 5.17. The molecule has 0 radical (unpaired) electrons. The summed E-state index contributed by atoms with van der Waals surface area (Å²) in [5.41, 5.74) is 3.63. The van der Waals surface area contributed by atoms with Gasteiger partial charge in [0.1, 0.15) is 0 Å². The van der Waals surface area contributed by atoms with Gasteiger partial charge in [0.05, 0.1) is 10.6 Å². The van der Waals surface area contributed by atoms with Crippen LogP contribution >= 0.6 is 0 Å². The van der Waals surface area contributed by atoms with Crippen LogP contribution in [0.1, 0.15) is 16.7 Å². The monoisotopic (exact) mass is 363 g/mol. The smallest absolute Gasteiger partial charge is 0.242 e. The van der Waals surface area contributed by atoms with E-state index in [0.29, 0.717) is 5.69 Å². The maximum atomic E-state index is 13.2. The molecule has 0 bridgehead atoms. The van der Waals surface area contributed by atoms with Crippen molar-refractivity contribution < 1.29 is 8.42 Å². The van der Waals surface area contributed by atoms with Gasteiger partial charge in [-0.2, -0.15) is 0 Å². The maximum Gasteiger partial charge on any atom is 0.268 e. The van der Waals surface area contributed by atoms with E-state index >= 15 is 0 Å². The molecule has 0 spiro atoms. The van der Waals surface area contributed by atoms with Gasteiger partial charge in [-0.15, -0.1) is 0 Å². The molecule has 0 atom stereocenters. The van der Waals surface area contributed by atoms with Crippen molar-refractivity contribution in [3.63, 3.8) is 0 Å². The summed E-state index contributed by atoms with van der Waals surface area (Å²) in [6.07, 6.45) is 3.40. The molecule has 3 rings (SSSR count). The van der Waals surface area contributed by atoms with Crippen molar-refractivity contribution in [3.8, 4) is 0 Å². The van der Waals surface area contributed by atoms with Gasteiger partial charge in [-0.05, 0) is 49.8 Å². The highest BCUT2D eigenvalue weighted by Crippen LogP contribution is 2.25. The van der Waals surface area contributed by atoms with Gasteiger partial charge in [-0.1, -0.05) is 65.7 Å². The van der Waals surface area contributed by atoms with Gasteiger partial charge in [-0.25, -0.2) is 12.7 Å². The third-order valence-corrected chi connectivity index (χ3v) is 5.79. The van der Waals surface area contributed by atoms with Crippen LogP contribution in [0.3, 0.4) is 0 Å². The predicted molar refractivity (Wildman–Crippen MR) is 107 cm³/mol. The van der Waals surface area contributed by atoms with Crippen molar-refractivity contribution in [2.24, 2.45) is 0 Å².